The number of carboxylic acids is 1. The molecule has 5 heteroatoms. The molecule has 0 aromatic carbocycles. The van der Waals surface area contributed by atoms with E-state index in [9.17, 15) is 9.59 Å². The Balaban J connectivity index is 1.78. The molecule has 17 heavy (non-hydrogen) atoms. The van der Waals surface area contributed by atoms with Gasteiger partial charge in [-0.3, -0.25) is 9.59 Å². The van der Waals surface area contributed by atoms with E-state index in [1.807, 2.05) is 0 Å². The number of piperidine rings is 1. The van der Waals surface area contributed by atoms with Gasteiger partial charge in [-0.1, -0.05) is 13.3 Å². The van der Waals surface area contributed by atoms with E-state index in [-0.39, 0.29) is 23.8 Å². The fraction of sp³-hybridized carbons (Fsp3) is 0.833. The zero-order valence-corrected chi connectivity index (χ0v) is 10.2. The van der Waals surface area contributed by atoms with Gasteiger partial charge in [-0.25, -0.2) is 0 Å². The van der Waals surface area contributed by atoms with Gasteiger partial charge in [-0.2, -0.15) is 0 Å². The highest BCUT2D eigenvalue weighted by Crippen LogP contribution is 2.25. The van der Waals surface area contributed by atoms with Crippen LogP contribution >= 0.6 is 0 Å². The summed E-state index contributed by atoms with van der Waals surface area (Å²) in [5, 5.41) is 12.1. The van der Waals surface area contributed by atoms with Crippen LogP contribution in [0.25, 0.3) is 0 Å². The number of likely N-dealkylation sites (tertiary alicyclic amines) is 1. The highest BCUT2D eigenvalue weighted by atomic mass is 16.4. The standard InChI is InChI=1S/C12H20N2O3/c1-8(12(16)17)9-6-14(7-9)11(15)10-4-2-3-5-13-10/h8-10,13H,2-7H2,1H3,(H,16,17)/t8?,10-/m0/s1. The average molecular weight is 240 g/mol. The molecule has 2 rings (SSSR count). The van der Waals surface area contributed by atoms with Gasteiger partial charge in [-0.05, 0) is 19.4 Å². The van der Waals surface area contributed by atoms with E-state index in [0.717, 1.165) is 25.8 Å². The van der Waals surface area contributed by atoms with Gasteiger partial charge in [0.2, 0.25) is 5.91 Å². The number of nitrogens with zero attached hydrogens (tertiary/aromatic N) is 1. The predicted octanol–water partition coefficient (Wildman–Crippen LogP) is 0.308. The number of carboxylic acid groups (broad SMARTS) is 1. The van der Waals surface area contributed by atoms with Crippen molar-refractivity contribution in [3.63, 3.8) is 0 Å². The Labute approximate surface area is 101 Å². The summed E-state index contributed by atoms with van der Waals surface area (Å²) >= 11 is 0. The number of aliphatic carboxylic acids is 1. The van der Waals surface area contributed by atoms with Crippen molar-refractivity contribution < 1.29 is 14.7 Å². The third-order valence-corrected chi connectivity index (χ3v) is 3.93. The third kappa shape index (κ3) is 2.60. The largest absolute Gasteiger partial charge is 0.481 e. The second-order valence-electron chi connectivity index (χ2n) is 5.13. The maximum Gasteiger partial charge on any atom is 0.306 e. The Bertz CT molecular complexity index is 307. The number of amides is 1. The van der Waals surface area contributed by atoms with Gasteiger partial charge in [0.15, 0.2) is 0 Å². The molecule has 0 aliphatic carbocycles. The lowest BCUT2D eigenvalue weighted by Crippen LogP contribution is -2.59. The van der Waals surface area contributed by atoms with Crippen LogP contribution in [0.15, 0.2) is 0 Å². The highest BCUT2D eigenvalue weighted by molar-refractivity contribution is 5.83. The van der Waals surface area contributed by atoms with Crippen LogP contribution in [-0.2, 0) is 9.59 Å². The molecule has 96 valence electrons. The molecule has 2 fully saturated rings. The Kier molecular flexibility index (Phi) is 3.66. The van der Waals surface area contributed by atoms with E-state index in [0.29, 0.717) is 13.1 Å². The summed E-state index contributed by atoms with van der Waals surface area (Å²) in [7, 11) is 0. The summed E-state index contributed by atoms with van der Waals surface area (Å²) in [5.41, 5.74) is 0. The predicted molar refractivity (Wildman–Crippen MR) is 62.5 cm³/mol. The summed E-state index contributed by atoms with van der Waals surface area (Å²) in [6.45, 7) is 3.84. The lowest BCUT2D eigenvalue weighted by Gasteiger charge is -2.43. The van der Waals surface area contributed by atoms with Crippen LogP contribution in [0.1, 0.15) is 26.2 Å². The smallest absolute Gasteiger partial charge is 0.306 e. The molecule has 0 spiro atoms. The zero-order chi connectivity index (χ0) is 12.4. The van der Waals surface area contributed by atoms with Gasteiger partial charge in [0, 0.05) is 19.0 Å². The van der Waals surface area contributed by atoms with Crippen LogP contribution in [0.2, 0.25) is 0 Å². The fourth-order valence-electron chi connectivity index (χ4n) is 2.49. The van der Waals surface area contributed by atoms with Crippen molar-refractivity contribution in [2.75, 3.05) is 19.6 Å². The van der Waals surface area contributed by atoms with Crippen LogP contribution in [-0.4, -0.2) is 47.6 Å². The molecule has 0 bridgehead atoms. The van der Waals surface area contributed by atoms with Gasteiger partial charge in [0.1, 0.15) is 0 Å². The van der Waals surface area contributed by atoms with E-state index >= 15 is 0 Å². The number of hydrogen-bond donors (Lipinski definition) is 2. The van der Waals surface area contributed by atoms with Crippen LogP contribution in [0, 0.1) is 11.8 Å². The lowest BCUT2D eigenvalue weighted by atomic mass is 9.86. The first-order chi connectivity index (χ1) is 8.09. The van der Waals surface area contributed by atoms with E-state index in [4.69, 9.17) is 5.11 Å². The van der Waals surface area contributed by atoms with Crippen LogP contribution in [0.5, 0.6) is 0 Å². The van der Waals surface area contributed by atoms with E-state index < -0.39 is 5.97 Å². The van der Waals surface area contributed by atoms with Crippen molar-refractivity contribution in [2.45, 2.75) is 32.2 Å². The average Bonchev–Trinajstić information content (AvgIpc) is 2.27. The van der Waals surface area contributed by atoms with Crippen molar-refractivity contribution in [1.29, 1.82) is 0 Å². The normalized spacial score (nSPS) is 27.4. The van der Waals surface area contributed by atoms with Crippen molar-refractivity contribution in [2.24, 2.45) is 11.8 Å². The minimum absolute atomic E-state index is 0.0372. The van der Waals surface area contributed by atoms with Gasteiger partial charge in [-0.15, -0.1) is 0 Å². The molecule has 1 unspecified atom stereocenters. The van der Waals surface area contributed by atoms with Crippen molar-refractivity contribution in [1.82, 2.24) is 10.2 Å². The molecule has 2 N–H and O–H groups in total. The molecule has 2 heterocycles. The summed E-state index contributed by atoms with van der Waals surface area (Å²) in [5.74, 6) is -0.838. The van der Waals surface area contributed by atoms with Crippen LogP contribution < -0.4 is 5.32 Å². The SMILES string of the molecule is CC(C(=O)O)C1CN(C(=O)[C@@H]2CCCCN2)C1. The Morgan fingerprint density at radius 3 is 2.59 bits per heavy atom. The molecule has 2 aliphatic heterocycles. The van der Waals surface area contributed by atoms with Crippen LogP contribution in [0.3, 0.4) is 0 Å². The van der Waals surface area contributed by atoms with Gasteiger partial charge < -0.3 is 15.3 Å². The van der Waals surface area contributed by atoms with Gasteiger partial charge in [0.25, 0.3) is 0 Å². The Morgan fingerprint density at radius 1 is 1.35 bits per heavy atom. The van der Waals surface area contributed by atoms with E-state index in [2.05, 4.69) is 5.32 Å². The molecule has 2 atom stereocenters. The number of rotatable bonds is 3. The molecule has 1 amide bonds. The minimum atomic E-state index is -0.766. The number of carbonyl (C=O) groups is 2. The number of nitrogens with one attached hydrogen (secondary N) is 1. The number of carbonyl (C=O) groups excluding carboxylic acids is 1. The Morgan fingerprint density at radius 2 is 2.06 bits per heavy atom. The molecule has 2 aliphatic rings. The molecule has 5 nitrogen and oxygen atoms in total. The molecule has 0 aromatic heterocycles. The van der Waals surface area contributed by atoms with E-state index in [1.54, 1.807) is 11.8 Å². The highest BCUT2D eigenvalue weighted by Gasteiger charge is 2.39. The minimum Gasteiger partial charge on any atom is -0.481 e. The first-order valence-electron chi connectivity index (χ1n) is 6.34. The summed E-state index contributed by atoms with van der Waals surface area (Å²) in [4.78, 5) is 24.6. The topological polar surface area (TPSA) is 69.6 Å². The molecule has 0 saturated carbocycles. The molecular weight excluding hydrogens is 220 g/mol. The van der Waals surface area contributed by atoms with Crippen molar-refractivity contribution >= 4 is 11.9 Å². The quantitative estimate of drug-likeness (QED) is 0.745. The van der Waals surface area contributed by atoms with Crippen LogP contribution in [0.4, 0.5) is 0 Å². The maximum atomic E-state index is 12.0. The fourth-order valence-corrected chi connectivity index (χ4v) is 2.49. The summed E-state index contributed by atoms with van der Waals surface area (Å²) in [6, 6.07) is -0.0372. The molecule has 0 radical (unpaired) electrons. The van der Waals surface area contributed by atoms with Gasteiger partial charge >= 0.3 is 5.97 Å². The molecular formula is C12H20N2O3. The van der Waals surface area contributed by atoms with E-state index in [1.165, 1.54) is 0 Å². The van der Waals surface area contributed by atoms with Crippen molar-refractivity contribution in [3.8, 4) is 0 Å². The molecule has 0 aromatic rings. The first-order valence-corrected chi connectivity index (χ1v) is 6.34. The second kappa shape index (κ2) is 5.04. The maximum absolute atomic E-state index is 12.0. The molecule has 2 saturated heterocycles. The zero-order valence-electron chi connectivity index (χ0n) is 10.2. The third-order valence-electron chi connectivity index (χ3n) is 3.93. The van der Waals surface area contributed by atoms with Gasteiger partial charge in [0.05, 0.1) is 12.0 Å². The lowest BCUT2D eigenvalue weighted by molar-refractivity contribution is -0.151. The number of hydrogen-bond acceptors (Lipinski definition) is 3. The summed E-state index contributed by atoms with van der Waals surface area (Å²) in [6.07, 6.45) is 3.16. The monoisotopic (exact) mass is 240 g/mol. The first kappa shape index (κ1) is 12.4. The second-order valence-corrected chi connectivity index (χ2v) is 5.13. The summed E-state index contributed by atoms with van der Waals surface area (Å²) < 4.78 is 0. The Hall–Kier alpha value is -1.10. The van der Waals surface area contributed by atoms with Crippen molar-refractivity contribution in [3.05, 3.63) is 0 Å².